The van der Waals surface area contributed by atoms with Crippen molar-refractivity contribution in [1.82, 2.24) is 9.38 Å². The molecule has 3 heteroatoms. The second-order valence-corrected chi connectivity index (χ2v) is 6.39. The molecule has 0 aliphatic heterocycles. The molecule has 0 aliphatic rings. The van der Waals surface area contributed by atoms with Gasteiger partial charge < -0.3 is 0 Å². The van der Waals surface area contributed by atoms with Gasteiger partial charge in [-0.3, -0.25) is 4.40 Å². The predicted octanol–water partition coefficient (Wildman–Crippen LogP) is 4.62. The average Bonchev–Trinajstić information content (AvgIpc) is 3.08. The van der Waals surface area contributed by atoms with Crippen molar-refractivity contribution in [2.75, 3.05) is 0 Å². The van der Waals surface area contributed by atoms with Gasteiger partial charge in [0, 0.05) is 17.3 Å². The van der Waals surface area contributed by atoms with Crippen LogP contribution >= 0.6 is 0 Å². The molecule has 2 radical (unpaired) electrons. The fraction of sp³-hybridized carbons (Fsp3) is 0. The molecule has 0 saturated carbocycles. The summed E-state index contributed by atoms with van der Waals surface area (Å²) in [5.41, 5.74) is 5.88. The van der Waals surface area contributed by atoms with E-state index in [1.54, 1.807) is 0 Å². The van der Waals surface area contributed by atoms with Gasteiger partial charge in [0.05, 0.1) is 11.4 Å². The number of hydrogen-bond donors (Lipinski definition) is 0. The average molecular weight is 330 g/mol. The Kier molecular flexibility index (Phi) is 3.39. The van der Waals surface area contributed by atoms with Crippen LogP contribution in [0.15, 0.2) is 91.1 Å². The standard InChI is InChI=1S/C23H15BN2/c24-20-15-18(14-17-10-4-5-11-19(17)20)22-23(16-8-2-1-3-9-16)26-13-7-6-12-21(26)25-22/h1-15H. The fourth-order valence-electron chi connectivity index (χ4n) is 3.55. The van der Waals surface area contributed by atoms with Gasteiger partial charge in [-0.15, -0.1) is 0 Å². The van der Waals surface area contributed by atoms with Gasteiger partial charge in [0.2, 0.25) is 0 Å². The third kappa shape index (κ3) is 2.32. The van der Waals surface area contributed by atoms with E-state index in [1.165, 1.54) is 0 Å². The number of hydrogen-bond acceptors (Lipinski definition) is 1. The molecule has 0 aliphatic carbocycles. The number of aromatic nitrogens is 2. The molecule has 5 aromatic rings. The smallest absolute Gasteiger partial charge is 0.137 e. The van der Waals surface area contributed by atoms with Crippen molar-refractivity contribution in [3.63, 3.8) is 0 Å². The lowest BCUT2D eigenvalue weighted by Crippen LogP contribution is -2.04. The zero-order chi connectivity index (χ0) is 17.5. The molecule has 120 valence electrons. The Labute approximate surface area is 153 Å². The summed E-state index contributed by atoms with van der Waals surface area (Å²) in [4.78, 5) is 4.91. The van der Waals surface area contributed by atoms with Crippen molar-refractivity contribution in [3.8, 4) is 22.5 Å². The fourth-order valence-corrected chi connectivity index (χ4v) is 3.55. The quantitative estimate of drug-likeness (QED) is 0.432. The summed E-state index contributed by atoms with van der Waals surface area (Å²) in [6, 6.07) is 28.8. The van der Waals surface area contributed by atoms with Crippen molar-refractivity contribution < 1.29 is 0 Å². The first-order valence-corrected chi connectivity index (χ1v) is 8.62. The monoisotopic (exact) mass is 330 g/mol. The summed E-state index contributed by atoms with van der Waals surface area (Å²) in [6.07, 6.45) is 2.05. The third-order valence-corrected chi connectivity index (χ3v) is 4.74. The first-order chi connectivity index (χ1) is 12.8. The minimum Gasteiger partial charge on any atom is -0.299 e. The van der Waals surface area contributed by atoms with Crippen LogP contribution in [0.25, 0.3) is 38.9 Å². The summed E-state index contributed by atoms with van der Waals surface area (Å²) in [7, 11) is 6.34. The lowest BCUT2D eigenvalue weighted by molar-refractivity contribution is 1.19. The molecule has 5 rings (SSSR count). The Bertz CT molecular complexity index is 1240. The van der Waals surface area contributed by atoms with Crippen LogP contribution in [0.1, 0.15) is 0 Å². The Balaban J connectivity index is 1.85. The van der Waals surface area contributed by atoms with Crippen molar-refractivity contribution in [2.24, 2.45) is 0 Å². The van der Waals surface area contributed by atoms with Crippen LogP contribution < -0.4 is 5.46 Å². The van der Waals surface area contributed by atoms with E-state index in [0.717, 1.165) is 44.4 Å². The number of imidazole rings is 1. The van der Waals surface area contributed by atoms with E-state index >= 15 is 0 Å². The van der Waals surface area contributed by atoms with Gasteiger partial charge in [-0.05, 0) is 29.0 Å². The minimum absolute atomic E-state index is 0.772. The highest BCUT2D eigenvalue weighted by Gasteiger charge is 2.16. The molecule has 0 spiro atoms. The zero-order valence-electron chi connectivity index (χ0n) is 14.1. The number of benzene rings is 3. The highest BCUT2D eigenvalue weighted by atomic mass is 15.0. The molecule has 26 heavy (non-hydrogen) atoms. The zero-order valence-corrected chi connectivity index (χ0v) is 14.1. The van der Waals surface area contributed by atoms with Gasteiger partial charge in [-0.25, -0.2) is 4.98 Å². The number of nitrogens with zero attached hydrogens (tertiary/aromatic N) is 2. The normalized spacial score (nSPS) is 11.2. The molecule has 0 fully saturated rings. The highest BCUT2D eigenvalue weighted by Crippen LogP contribution is 2.33. The topological polar surface area (TPSA) is 17.3 Å². The molecule has 0 N–H and O–H groups in total. The van der Waals surface area contributed by atoms with Crippen molar-refractivity contribution >= 4 is 29.7 Å². The number of fused-ring (bicyclic) bond motifs is 2. The van der Waals surface area contributed by atoms with E-state index in [9.17, 15) is 0 Å². The van der Waals surface area contributed by atoms with Crippen LogP contribution in [0, 0.1) is 0 Å². The van der Waals surface area contributed by atoms with Crippen LogP contribution in [-0.2, 0) is 0 Å². The first-order valence-electron chi connectivity index (χ1n) is 8.62. The largest absolute Gasteiger partial charge is 0.299 e. The van der Waals surface area contributed by atoms with E-state index in [0.29, 0.717) is 0 Å². The van der Waals surface area contributed by atoms with E-state index in [-0.39, 0.29) is 0 Å². The lowest BCUT2D eigenvalue weighted by Gasteiger charge is -2.09. The lowest BCUT2D eigenvalue weighted by atomic mass is 9.87. The van der Waals surface area contributed by atoms with E-state index in [1.807, 2.05) is 42.5 Å². The van der Waals surface area contributed by atoms with Crippen molar-refractivity contribution in [2.45, 2.75) is 0 Å². The molecule has 0 unspecified atom stereocenters. The Morgan fingerprint density at radius 3 is 2.38 bits per heavy atom. The van der Waals surface area contributed by atoms with Crippen molar-refractivity contribution in [1.29, 1.82) is 0 Å². The second-order valence-electron chi connectivity index (χ2n) is 6.39. The molecule has 0 bridgehead atoms. The van der Waals surface area contributed by atoms with Gasteiger partial charge in [0.1, 0.15) is 13.5 Å². The van der Waals surface area contributed by atoms with Gasteiger partial charge in [0.25, 0.3) is 0 Å². The summed E-state index contributed by atoms with van der Waals surface area (Å²) in [6.45, 7) is 0. The van der Waals surface area contributed by atoms with Gasteiger partial charge in [0.15, 0.2) is 0 Å². The Hall–Kier alpha value is -3.33. The molecule has 3 aromatic carbocycles. The second kappa shape index (κ2) is 5.89. The third-order valence-electron chi connectivity index (χ3n) is 4.74. The first kappa shape index (κ1) is 15.0. The SMILES string of the molecule is [B]c1cc(-c2nc3ccccn3c2-c2ccccc2)cc2ccccc12. The summed E-state index contributed by atoms with van der Waals surface area (Å²) in [5, 5.41) is 2.19. The molecule has 2 aromatic heterocycles. The van der Waals surface area contributed by atoms with E-state index in [2.05, 4.69) is 53.1 Å². The van der Waals surface area contributed by atoms with Gasteiger partial charge in [-0.1, -0.05) is 72.2 Å². The number of pyridine rings is 1. The predicted molar refractivity (Wildman–Crippen MR) is 109 cm³/mol. The summed E-state index contributed by atoms with van der Waals surface area (Å²) >= 11 is 0. The van der Waals surface area contributed by atoms with Crippen LogP contribution in [0.2, 0.25) is 0 Å². The van der Waals surface area contributed by atoms with Crippen LogP contribution in [0.3, 0.4) is 0 Å². The molecule has 2 heterocycles. The molecular weight excluding hydrogens is 315 g/mol. The number of rotatable bonds is 2. The maximum absolute atomic E-state index is 6.34. The Morgan fingerprint density at radius 1 is 0.731 bits per heavy atom. The molecule has 0 atom stereocenters. The Morgan fingerprint density at radius 2 is 1.50 bits per heavy atom. The van der Waals surface area contributed by atoms with Crippen molar-refractivity contribution in [3.05, 3.63) is 91.1 Å². The van der Waals surface area contributed by atoms with Gasteiger partial charge >= 0.3 is 0 Å². The maximum atomic E-state index is 6.34. The minimum atomic E-state index is 0.772. The molecule has 0 amide bonds. The highest BCUT2D eigenvalue weighted by molar-refractivity contribution is 6.39. The molecule has 2 nitrogen and oxygen atoms in total. The summed E-state index contributed by atoms with van der Waals surface area (Å²) in [5.74, 6) is 0. The maximum Gasteiger partial charge on any atom is 0.137 e. The van der Waals surface area contributed by atoms with E-state index < -0.39 is 0 Å². The summed E-state index contributed by atoms with van der Waals surface area (Å²) < 4.78 is 2.13. The van der Waals surface area contributed by atoms with Crippen LogP contribution in [0.5, 0.6) is 0 Å². The van der Waals surface area contributed by atoms with Crippen LogP contribution in [0.4, 0.5) is 0 Å². The van der Waals surface area contributed by atoms with Crippen LogP contribution in [-0.4, -0.2) is 17.2 Å². The molecule has 0 saturated heterocycles. The van der Waals surface area contributed by atoms with E-state index in [4.69, 9.17) is 12.8 Å². The van der Waals surface area contributed by atoms with Gasteiger partial charge in [-0.2, -0.15) is 0 Å². The molecular formula is C23H15BN2.